The zero-order valence-electron chi connectivity index (χ0n) is 5.24. The van der Waals surface area contributed by atoms with Gasteiger partial charge in [-0.15, -0.1) is 0 Å². The summed E-state index contributed by atoms with van der Waals surface area (Å²) in [6.07, 6.45) is 2.56. The summed E-state index contributed by atoms with van der Waals surface area (Å²) in [5.74, 6) is 0. The van der Waals surface area contributed by atoms with E-state index in [1.807, 2.05) is 0 Å². The Morgan fingerprint density at radius 1 is 1.00 bits per heavy atom. The second-order valence-electron chi connectivity index (χ2n) is 1.32. The third kappa shape index (κ3) is 5.43. The van der Waals surface area contributed by atoms with Gasteiger partial charge in [-0.05, 0) is 12.8 Å². The molecule has 0 aromatic carbocycles. The molecule has 0 aromatic rings. The molecule has 0 atom stereocenters. The van der Waals surface area contributed by atoms with E-state index in [0.29, 0.717) is 0 Å². The summed E-state index contributed by atoms with van der Waals surface area (Å²) in [6.45, 7) is 2.00. The van der Waals surface area contributed by atoms with Gasteiger partial charge in [0.2, 0.25) is 0 Å². The van der Waals surface area contributed by atoms with E-state index in [9.17, 15) is 0 Å². The monoisotopic (exact) mass is 102 g/mol. The van der Waals surface area contributed by atoms with Crippen LogP contribution in [0.2, 0.25) is 0 Å². The SMILES string of the molecule is C1CCOC1.[Li].[Na]. The average Bonchev–Trinajstić information content (AvgIpc) is 1.76. The summed E-state index contributed by atoms with van der Waals surface area (Å²) in [4.78, 5) is 0. The molecule has 0 aromatic heterocycles. The summed E-state index contributed by atoms with van der Waals surface area (Å²) in [6, 6.07) is 0. The molecule has 0 aliphatic carbocycles. The van der Waals surface area contributed by atoms with Crippen molar-refractivity contribution in [2.24, 2.45) is 0 Å². The fourth-order valence-electron chi connectivity index (χ4n) is 0.510. The zero-order chi connectivity index (χ0) is 3.54. The molecule has 0 spiro atoms. The molecule has 0 unspecified atom stereocenters. The zero-order valence-corrected chi connectivity index (χ0v) is 7.24. The van der Waals surface area contributed by atoms with Gasteiger partial charge in [-0.1, -0.05) is 0 Å². The first-order valence-corrected chi connectivity index (χ1v) is 2.08. The molecule has 32 valence electrons. The van der Waals surface area contributed by atoms with Gasteiger partial charge in [-0.3, -0.25) is 0 Å². The molecule has 3 heteroatoms. The molecule has 0 amide bonds. The first-order chi connectivity index (χ1) is 2.50. The first kappa shape index (κ1) is 11.4. The van der Waals surface area contributed by atoms with Crippen LogP contribution in [0.15, 0.2) is 0 Å². The molecular formula is C4H8LiNaO. The topological polar surface area (TPSA) is 9.23 Å². The van der Waals surface area contributed by atoms with Crippen LogP contribution in [0, 0.1) is 0 Å². The summed E-state index contributed by atoms with van der Waals surface area (Å²) in [7, 11) is 0. The van der Waals surface area contributed by atoms with Gasteiger partial charge < -0.3 is 4.74 Å². The second kappa shape index (κ2) is 7.56. The van der Waals surface area contributed by atoms with Gasteiger partial charge in [0.25, 0.3) is 0 Å². The molecular weight excluding hydrogens is 94.0 g/mol. The summed E-state index contributed by atoms with van der Waals surface area (Å²) in [5.41, 5.74) is 0. The van der Waals surface area contributed by atoms with E-state index in [0.717, 1.165) is 13.2 Å². The van der Waals surface area contributed by atoms with Crippen molar-refractivity contribution in [2.75, 3.05) is 13.2 Å². The van der Waals surface area contributed by atoms with Crippen molar-refractivity contribution in [3.8, 4) is 0 Å². The summed E-state index contributed by atoms with van der Waals surface area (Å²) in [5, 5.41) is 0. The normalized spacial score (nSPS) is 17.1. The molecule has 1 saturated heterocycles. The van der Waals surface area contributed by atoms with Crippen LogP contribution in [-0.2, 0) is 4.74 Å². The van der Waals surface area contributed by atoms with Crippen LogP contribution in [0.4, 0.5) is 0 Å². The predicted octanol–water partition coefficient (Wildman–Crippen LogP) is 0.0352. The molecule has 1 rings (SSSR count). The van der Waals surface area contributed by atoms with Gasteiger partial charge in [0.1, 0.15) is 0 Å². The van der Waals surface area contributed by atoms with Crippen LogP contribution in [0.1, 0.15) is 12.8 Å². The Balaban J connectivity index is 0. The van der Waals surface area contributed by atoms with Gasteiger partial charge in [0.15, 0.2) is 0 Å². The molecule has 1 fully saturated rings. The third-order valence-electron chi connectivity index (χ3n) is 0.827. The molecule has 0 saturated carbocycles. The van der Waals surface area contributed by atoms with E-state index in [2.05, 4.69) is 0 Å². The van der Waals surface area contributed by atoms with Crippen LogP contribution in [0.5, 0.6) is 0 Å². The molecule has 1 aliphatic rings. The Bertz CT molecular complexity index is 23.3. The van der Waals surface area contributed by atoms with Gasteiger partial charge in [0.05, 0.1) is 0 Å². The van der Waals surface area contributed by atoms with Crippen molar-refractivity contribution in [1.29, 1.82) is 0 Å². The van der Waals surface area contributed by atoms with Crippen molar-refractivity contribution >= 4 is 48.4 Å². The quantitative estimate of drug-likeness (QED) is 0.392. The van der Waals surface area contributed by atoms with Crippen LogP contribution in [-0.4, -0.2) is 61.6 Å². The molecule has 2 radical (unpaired) electrons. The summed E-state index contributed by atoms with van der Waals surface area (Å²) < 4.78 is 4.94. The van der Waals surface area contributed by atoms with E-state index in [-0.39, 0.29) is 48.4 Å². The number of hydrogen-bond donors (Lipinski definition) is 0. The largest absolute Gasteiger partial charge is 0.381 e. The predicted molar refractivity (Wildman–Crippen MR) is 31.6 cm³/mol. The van der Waals surface area contributed by atoms with Gasteiger partial charge in [0, 0.05) is 61.6 Å². The maximum absolute atomic E-state index is 4.94. The first-order valence-electron chi connectivity index (χ1n) is 2.08. The molecule has 7 heavy (non-hydrogen) atoms. The average molecular weight is 102 g/mol. The number of ether oxygens (including phenoxy) is 1. The van der Waals surface area contributed by atoms with E-state index in [1.165, 1.54) is 12.8 Å². The van der Waals surface area contributed by atoms with Crippen molar-refractivity contribution in [3.05, 3.63) is 0 Å². The number of rotatable bonds is 0. The third-order valence-corrected chi connectivity index (χ3v) is 0.827. The summed E-state index contributed by atoms with van der Waals surface area (Å²) >= 11 is 0. The fraction of sp³-hybridized carbons (Fsp3) is 1.00. The van der Waals surface area contributed by atoms with E-state index >= 15 is 0 Å². The maximum Gasteiger partial charge on any atom is 0.0466 e. The van der Waals surface area contributed by atoms with Crippen molar-refractivity contribution in [1.82, 2.24) is 0 Å². The Morgan fingerprint density at radius 3 is 1.57 bits per heavy atom. The minimum Gasteiger partial charge on any atom is -0.381 e. The molecule has 1 aliphatic heterocycles. The van der Waals surface area contributed by atoms with Crippen LogP contribution >= 0.6 is 0 Å². The Kier molecular flexibility index (Phi) is 12.3. The molecule has 1 heterocycles. The van der Waals surface area contributed by atoms with Gasteiger partial charge >= 0.3 is 0 Å². The molecule has 1 nitrogen and oxygen atoms in total. The number of hydrogen-bond acceptors (Lipinski definition) is 1. The molecule has 0 N–H and O–H groups in total. The fourth-order valence-corrected chi connectivity index (χ4v) is 0.510. The van der Waals surface area contributed by atoms with Gasteiger partial charge in [-0.2, -0.15) is 0 Å². The van der Waals surface area contributed by atoms with E-state index < -0.39 is 0 Å². The van der Waals surface area contributed by atoms with Gasteiger partial charge in [-0.25, -0.2) is 0 Å². The van der Waals surface area contributed by atoms with E-state index in [4.69, 9.17) is 4.74 Å². The van der Waals surface area contributed by atoms with Crippen molar-refractivity contribution < 1.29 is 4.74 Å². The standard InChI is InChI=1S/C4H8O.Li.Na/c1-2-4-5-3-1;;/h1-4H2;;. The van der Waals surface area contributed by atoms with Crippen LogP contribution in [0.25, 0.3) is 0 Å². The van der Waals surface area contributed by atoms with Crippen molar-refractivity contribution in [3.63, 3.8) is 0 Å². The Morgan fingerprint density at radius 2 is 1.43 bits per heavy atom. The van der Waals surface area contributed by atoms with Crippen LogP contribution < -0.4 is 0 Å². The Hall–Kier alpha value is 1.56. The smallest absolute Gasteiger partial charge is 0.0466 e. The maximum atomic E-state index is 4.94. The van der Waals surface area contributed by atoms with Crippen molar-refractivity contribution in [2.45, 2.75) is 12.8 Å². The minimum atomic E-state index is 0. The molecule has 0 bridgehead atoms. The van der Waals surface area contributed by atoms with E-state index in [1.54, 1.807) is 0 Å². The van der Waals surface area contributed by atoms with Crippen LogP contribution in [0.3, 0.4) is 0 Å². The Labute approximate surface area is 78.7 Å². The minimum absolute atomic E-state index is 0. The second-order valence-corrected chi connectivity index (χ2v) is 1.32.